The number of esters is 1. The van der Waals surface area contributed by atoms with E-state index in [1.54, 1.807) is 0 Å². The van der Waals surface area contributed by atoms with E-state index in [1.165, 1.54) is 0 Å². The Kier molecular flexibility index (Phi) is 7.10. The van der Waals surface area contributed by atoms with Gasteiger partial charge in [-0.2, -0.15) is 0 Å². The van der Waals surface area contributed by atoms with Crippen LogP contribution in [0.2, 0.25) is 0 Å². The summed E-state index contributed by atoms with van der Waals surface area (Å²) in [7, 11) is 0. The van der Waals surface area contributed by atoms with Crippen molar-refractivity contribution in [2.45, 2.75) is 47.5 Å². The first-order valence-corrected chi connectivity index (χ1v) is 9.31. The molecule has 0 bridgehead atoms. The third kappa shape index (κ3) is 5.78. The van der Waals surface area contributed by atoms with Gasteiger partial charge in [0, 0.05) is 17.7 Å². The van der Waals surface area contributed by atoms with Crippen LogP contribution in [0.15, 0.2) is 30.3 Å². The van der Waals surface area contributed by atoms with Gasteiger partial charge < -0.3 is 10.1 Å². The normalized spacial score (nSPS) is 10.5. The molecule has 5 heteroatoms. The maximum atomic E-state index is 12.3. The Morgan fingerprint density at radius 3 is 2.11 bits per heavy atom. The van der Waals surface area contributed by atoms with Crippen LogP contribution < -0.4 is 5.32 Å². The van der Waals surface area contributed by atoms with Crippen molar-refractivity contribution in [3.63, 3.8) is 0 Å². The lowest BCUT2D eigenvalue weighted by Crippen LogP contribution is -2.22. The van der Waals surface area contributed by atoms with E-state index in [1.807, 2.05) is 65.0 Å². The number of benzene rings is 2. The Labute approximate surface area is 166 Å². The van der Waals surface area contributed by atoms with Gasteiger partial charge in [0.25, 0.3) is 5.91 Å². The molecule has 0 heterocycles. The highest BCUT2D eigenvalue weighted by Gasteiger charge is 2.14. The van der Waals surface area contributed by atoms with Crippen molar-refractivity contribution >= 4 is 23.3 Å². The Bertz CT molecular complexity index is 892. The van der Waals surface area contributed by atoms with Gasteiger partial charge in [-0.1, -0.05) is 35.4 Å². The highest BCUT2D eigenvalue weighted by molar-refractivity contribution is 5.99. The molecule has 0 aliphatic rings. The second-order valence-corrected chi connectivity index (χ2v) is 7.22. The third-order valence-electron chi connectivity index (χ3n) is 4.56. The molecule has 0 aromatic heterocycles. The molecule has 2 aromatic rings. The van der Waals surface area contributed by atoms with E-state index in [4.69, 9.17) is 4.74 Å². The first-order valence-electron chi connectivity index (χ1n) is 9.31. The minimum Gasteiger partial charge on any atom is -0.456 e. The average molecular weight is 381 g/mol. The molecule has 0 spiro atoms. The SMILES string of the molecule is Cc1cc(C)c(NC(=O)COC(=O)CCC(=O)c2cc(C)ccc2C)c(C)c1. The summed E-state index contributed by atoms with van der Waals surface area (Å²) in [5.41, 5.74) is 6.26. The number of carbonyl (C=O) groups is 3. The Morgan fingerprint density at radius 2 is 1.46 bits per heavy atom. The topological polar surface area (TPSA) is 72.5 Å². The van der Waals surface area contributed by atoms with Crippen molar-refractivity contribution in [3.05, 3.63) is 63.7 Å². The van der Waals surface area contributed by atoms with Crippen LogP contribution in [0, 0.1) is 34.6 Å². The van der Waals surface area contributed by atoms with Gasteiger partial charge in [-0.05, 0) is 57.4 Å². The van der Waals surface area contributed by atoms with Crippen LogP contribution in [0.4, 0.5) is 5.69 Å². The summed E-state index contributed by atoms with van der Waals surface area (Å²) in [6.45, 7) is 9.24. The molecule has 0 fully saturated rings. The molecule has 5 nitrogen and oxygen atoms in total. The average Bonchev–Trinajstić information content (AvgIpc) is 2.62. The number of nitrogens with one attached hydrogen (secondary N) is 1. The molecule has 1 N–H and O–H groups in total. The van der Waals surface area contributed by atoms with E-state index in [-0.39, 0.29) is 25.2 Å². The van der Waals surface area contributed by atoms with Gasteiger partial charge in [-0.15, -0.1) is 0 Å². The summed E-state index contributed by atoms with van der Waals surface area (Å²) in [5.74, 6) is -1.07. The molecular weight excluding hydrogens is 354 g/mol. The van der Waals surface area contributed by atoms with E-state index in [0.717, 1.165) is 33.5 Å². The fourth-order valence-electron chi connectivity index (χ4n) is 3.16. The molecule has 28 heavy (non-hydrogen) atoms. The lowest BCUT2D eigenvalue weighted by molar-refractivity contribution is -0.147. The number of rotatable bonds is 7. The molecule has 2 aromatic carbocycles. The molecule has 0 radical (unpaired) electrons. The van der Waals surface area contributed by atoms with E-state index in [2.05, 4.69) is 5.32 Å². The van der Waals surface area contributed by atoms with Crippen molar-refractivity contribution in [2.24, 2.45) is 0 Å². The number of ether oxygens (including phenoxy) is 1. The highest BCUT2D eigenvalue weighted by atomic mass is 16.5. The van der Waals surface area contributed by atoms with Gasteiger partial charge in [-0.25, -0.2) is 0 Å². The van der Waals surface area contributed by atoms with Gasteiger partial charge >= 0.3 is 5.97 Å². The molecule has 148 valence electrons. The summed E-state index contributed by atoms with van der Waals surface area (Å²) in [4.78, 5) is 36.3. The van der Waals surface area contributed by atoms with E-state index in [9.17, 15) is 14.4 Å². The van der Waals surface area contributed by atoms with Crippen LogP contribution in [0.25, 0.3) is 0 Å². The molecule has 0 saturated carbocycles. The minimum atomic E-state index is -0.564. The molecule has 0 saturated heterocycles. The second kappa shape index (κ2) is 9.31. The zero-order valence-corrected chi connectivity index (χ0v) is 17.1. The number of hydrogen-bond acceptors (Lipinski definition) is 4. The number of ketones is 1. The number of amides is 1. The highest BCUT2D eigenvalue weighted by Crippen LogP contribution is 2.21. The number of hydrogen-bond donors (Lipinski definition) is 1. The van der Waals surface area contributed by atoms with Crippen LogP contribution in [0.3, 0.4) is 0 Å². The quantitative estimate of drug-likeness (QED) is 0.571. The Morgan fingerprint density at radius 1 is 0.821 bits per heavy atom. The summed E-state index contributed by atoms with van der Waals surface area (Å²) in [6.07, 6.45) is 0.00298. The summed E-state index contributed by atoms with van der Waals surface area (Å²) < 4.78 is 5.02. The maximum Gasteiger partial charge on any atom is 0.306 e. The second-order valence-electron chi connectivity index (χ2n) is 7.22. The van der Waals surface area contributed by atoms with Crippen LogP contribution in [0.5, 0.6) is 0 Å². The standard InChI is InChI=1S/C23H27NO4/c1-14-6-7-16(3)19(12-14)20(25)8-9-22(27)28-13-21(26)24-23-17(4)10-15(2)11-18(23)5/h6-7,10-12H,8-9,13H2,1-5H3,(H,24,26). The van der Waals surface area contributed by atoms with Gasteiger partial charge in [0.15, 0.2) is 12.4 Å². The Hall–Kier alpha value is -2.95. The van der Waals surface area contributed by atoms with Gasteiger partial charge in [0.1, 0.15) is 0 Å². The van der Waals surface area contributed by atoms with E-state index in [0.29, 0.717) is 5.56 Å². The van der Waals surface area contributed by atoms with Crippen LogP contribution >= 0.6 is 0 Å². The zero-order chi connectivity index (χ0) is 20.8. The van der Waals surface area contributed by atoms with Crippen LogP contribution in [-0.2, 0) is 14.3 Å². The fraction of sp³-hybridized carbons (Fsp3) is 0.348. The van der Waals surface area contributed by atoms with Gasteiger partial charge in [0.2, 0.25) is 0 Å². The van der Waals surface area contributed by atoms with Crippen molar-refractivity contribution < 1.29 is 19.1 Å². The molecule has 0 aliphatic heterocycles. The summed E-state index contributed by atoms with van der Waals surface area (Å²) in [5, 5.41) is 2.78. The Balaban J connectivity index is 1.83. The van der Waals surface area contributed by atoms with Crippen molar-refractivity contribution in [1.82, 2.24) is 0 Å². The van der Waals surface area contributed by atoms with E-state index >= 15 is 0 Å². The predicted octanol–water partition coefficient (Wildman–Crippen LogP) is 4.37. The lowest BCUT2D eigenvalue weighted by Gasteiger charge is -2.13. The number of carbonyl (C=O) groups excluding carboxylic acids is 3. The van der Waals surface area contributed by atoms with E-state index < -0.39 is 11.9 Å². The van der Waals surface area contributed by atoms with Crippen LogP contribution in [-0.4, -0.2) is 24.3 Å². The number of anilines is 1. The maximum absolute atomic E-state index is 12.3. The third-order valence-corrected chi connectivity index (χ3v) is 4.56. The number of aryl methyl sites for hydroxylation is 5. The van der Waals surface area contributed by atoms with Crippen molar-refractivity contribution in [1.29, 1.82) is 0 Å². The van der Waals surface area contributed by atoms with Gasteiger partial charge in [0.05, 0.1) is 6.42 Å². The molecule has 2 rings (SSSR count). The van der Waals surface area contributed by atoms with Crippen molar-refractivity contribution in [3.8, 4) is 0 Å². The van der Waals surface area contributed by atoms with Crippen molar-refractivity contribution in [2.75, 3.05) is 11.9 Å². The first-order chi connectivity index (χ1) is 13.2. The molecule has 1 amide bonds. The summed E-state index contributed by atoms with van der Waals surface area (Å²) in [6, 6.07) is 9.61. The minimum absolute atomic E-state index is 0.0535. The molecule has 0 unspecified atom stereocenters. The van der Waals surface area contributed by atoms with Crippen LogP contribution in [0.1, 0.15) is 51.0 Å². The first kappa shape index (κ1) is 21.4. The monoisotopic (exact) mass is 381 g/mol. The molecular formula is C23H27NO4. The smallest absolute Gasteiger partial charge is 0.306 e. The fourth-order valence-corrected chi connectivity index (χ4v) is 3.16. The largest absolute Gasteiger partial charge is 0.456 e. The zero-order valence-electron chi connectivity index (χ0n) is 17.1. The molecule has 0 aliphatic carbocycles. The van der Waals surface area contributed by atoms with Gasteiger partial charge in [-0.3, -0.25) is 14.4 Å². The number of Topliss-reactive ketones (excluding diaryl/α,β-unsaturated/α-hetero) is 1. The summed E-state index contributed by atoms with van der Waals surface area (Å²) >= 11 is 0. The molecule has 0 atom stereocenters. The predicted molar refractivity (Wildman–Crippen MR) is 110 cm³/mol. The lowest BCUT2D eigenvalue weighted by atomic mass is 9.99.